The Bertz CT molecular complexity index is 533. The van der Waals surface area contributed by atoms with E-state index >= 15 is 0 Å². The first-order valence-corrected chi connectivity index (χ1v) is 5.27. The van der Waals surface area contributed by atoms with Crippen LogP contribution in [-0.4, -0.2) is 10.2 Å². The summed E-state index contributed by atoms with van der Waals surface area (Å²) in [7, 11) is 0. The second kappa shape index (κ2) is 3.15. The van der Waals surface area contributed by atoms with Crippen molar-refractivity contribution in [1.29, 1.82) is 0 Å². The summed E-state index contributed by atoms with van der Waals surface area (Å²) in [6, 6.07) is 3.63. The van der Waals surface area contributed by atoms with Gasteiger partial charge < -0.3 is 5.32 Å². The average molecular weight is 240 g/mol. The van der Waals surface area contributed by atoms with Crippen molar-refractivity contribution in [3.63, 3.8) is 0 Å². The molecule has 0 amide bonds. The van der Waals surface area contributed by atoms with Crippen molar-refractivity contribution >= 4 is 34.6 Å². The zero-order valence-electron chi connectivity index (χ0n) is 7.64. The zero-order valence-corrected chi connectivity index (χ0v) is 9.15. The number of benzene rings is 1. The van der Waals surface area contributed by atoms with Crippen molar-refractivity contribution in [1.82, 2.24) is 10.2 Å². The van der Waals surface area contributed by atoms with Crippen molar-refractivity contribution in [2.45, 2.75) is 6.42 Å². The minimum absolute atomic E-state index is 0.637. The van der Waals surface area contributed by atoms with E-state index in [1.54, 1.807) is 12.3 Å². The number of halogens is 2. The second-order valence-electron chi connectivity index (χ2n) is 3.48. The lowest BCUT2D eigenvalue weighted by Crippen LogP contribution is -2.06. The van der Waals surface area contributed by atoms with E-state index in [2.05, 4.69) is 15.5 Å². The van der Waals surface area contributed by atoms with E-state index < -0.39 is 0 Å². The Morgan fingerprint density at radius 1 is 1.20 bits per heavy atom. The van der Waals surface area contributed by atoms with Gasteiger partial charge in [-0.05, 0) is 12.1 Å². The van der Waals surface area contributed by atoms with E-state index in [0.717, 1.165) is 29.1 Å². The fraction of sp³-hybridized carbons (Fsp3) is 0.100. The molecule has 1 aromatic heterocycles. The van der Waals surface area contributed by atoms with Crippen molar-refractivity contribution in [2.75, 3.05) is 5.32 Å². The first-order chi connectivity index (χ1) is 7.24. The van der Waals surface area contributed by atoms with E-state index in [4.69, 9.17) is 23.2 Å². The molecular weight excluding hydrogens is 233 g/mol. The summed E-state index contributed by atoms with van der Waals surface area (Å²) < 4.78 is 0. The lowest BCUT2D eigenvalue weighted by molar-refractivity contribution is 0.992. The molecule has 0 unspecified atom stereocenters. The van der Waals surface area contributed by atoms with Crippen molar-refractivity contribution in [3.8, 4) is 0 Å². The third-order valence-corrected chi connectivity index (χ3v) is 3.06. The number of hydrogen-bond donors (Lipinski definition) is 2. The number of aromatic amines is 1. The largest absolute Gasteiger partial charge is 0.352 e. The standard InChI is InChI=1S/C10H7Cl2N3/c11-5-1-7(12)6-3-9-10(4-13-15-9)14-8(6)2-5/h1-2,4,14H,3H2,(H,13,15). The van der Waals surface area contributed by atoms with Crippen molar-refractivity contribution in [2.24, 2.45) is 0 Å². The lowest BCUT2D eigenvalue weighted by Gasteiger charge is -2.19. The molecule has 1 aromatic carbocycles. The molecule has 5 heteroatoms. The maximum Gasteiger partial charge on any atom is 0.0804 e. The Balaban J connectivity index is 2.17. The number of anilines is 2. The summed E-state index contributed by atoms with van der Waals surface area (Å²) in [6.07, 6.45) is 2.51. The maximum atomic E-state index is 6.12. The van der Waals surface area contributed by atoms with Crippen LogP contribution in [-0.2, 0) is 6.42 Å². The molecule has 0 radical (unpaired) electrons. The quantitative estimate of drug-likeness (QED) is 0.632. The van der Waals surface area contributed by atoms with Crippen LogP contribution in [0.1, 0.15) is 11.3 Å². The molecule has 2 aromatic rings. The summed E-state index contributed by atoms with van der Waals surface area (Å²) >= 11 is 12.1. The normalized spacial score (nSPS) is 12.9. The molecule has 3 rings (SSSR count). The van der Waals surface area contributed by atoms with Gasteiger partial charge in [-0.25, -0.2) is 0 Å². The number of fused-ring (bicyclic) bond motifs is 2. The highest BCUT2D eigenvalue weighted by atomic mass is 35.5. The predicted octanol–water partition coefficient (Wildman–Crippen LogP) is 3.36. The van der Waals surface area contributed by atoms with Crippen LogP contribution in [0.2, 0.25) is 10.0 Å². The first kappa shape index (κ1) is 9.07. The smallest absolute Gasteiger partial charge is 0.0804 e. The molecule has 1 aliphatic heterocycles. The SMILES string of the molecule is Clc1cc(Cl)c2c(c1)Nc1cn[nH]c1C2. The Labute approximate surface area is 96.4 Å². The monoisotopic (exact) mass is 239 g/mol. The van der Waals surface area contributed by atoms with Crippen LogP contribution < -0.4 is 5.32 Å². The van der Waals surface area contributed by atoms with Crippen molar-refractivity contribution < 1.29 is 0 Å². The van der Waals surface area contributed by atoms with E-state index in [1.165, 1.54) is 0 Å². The molecule has 2 heterocycles. The van der Waals surface area contributed by atoms with Gasteiger partial charge in [0.15, 0.2) is 0 Å². The molecule has 15 heavy (non-hydrogen) atoms. The molecule has 0 saturated carbocycles. The highest BCUT2D eigenvalue weighted by Crippen LogP contribution is 2.37. The number of nitrogens with zero attached hydrogens (tertiary/aromatic N) is 1. The summed E-state index contributed by atoms with van der Waals surface area (Å²) in [5.41, 5.74) is 4.05. The van der Waals surface area contributed by atoms with Crippen LogP contribution in [0, 0.1) is 0 Å². The zero-order chi connectivity index (χ0) is 10.4. The molecule has 3 nitrogen and oxygen atoms in total. The fourth-order valence-corrected chi connectivity index (χ4v) is 2.33. The molecule has 0 fully saturated rings. The molecule has 2 N–H and O–H groups in total. The molecular formula is C10H7Cl2N3. The molecule has 1 aliphatic rings. The Morgan fingerprint density at radius 2 is 2.07 bits per heavy atom. The van der Waals surface area contributed by atoms with Crippen LogP contribution in [0.4, 0.5) is 11.4 Å². The highest BCUT2D eigenvalue weighted by Gasteiger charge is 2.19. The van der Waals surface area contributed by atoms with Gasteiger partial charge in [0.2, 0.25) is 0 Å². The number of aromatic nitrogens is 2. The summed E-state index contributed by atoms with van der Waals surface area (Å²) in [6.45, 7) is 0. The van der Waals surface area contributed by atoms with Gasteiger partial charge in [0.1, 0.15) is 0 Å². The molecule has 0 atom stereocenters. The number of H-pyrrole nitrogens is 1. The van der Waals surface area contributed by atoms with Gasteiger partial charge in [-0.1, -0.05) is 23.2 Å². The minimum atomic E-state index is 0.637. The third kappa shape index (κ3) is 1.39. The van der Waals surface area contributed by atoms with Gasteiger partial charge in [0.25, 0.3) is 0 Å². The molecule has 0 spiro atoms. The number of nitrogens with one attached hydrogen (secondary N) is 2. The summed E-state index contributed by atoms with van der Waals surface area (Å²) in [4.78, 5) is 0. The van der Waals surface area contributed by atoms with Gasteiger partial charge in [-0.2, -0.15) is 5.10 Å². The summed E-state index contributed by atoms with van der Waals surface area (Å²) in [5.74, 6) is 0. The van der Waals surface area contributed by atoms with Crippen LogP contribution in [0.3, 0.4) is 0 Å². The van der Waals surface area contributed by atoms with E-state index in [9.17, 15) is 0 Å². The Kier molecular flexibility index (Phi) is 1.90. The van der Waals surface area contributed by atoms with Crippen LogP contribution >= 0.6 is 23.2 Å². The van der Waals surface area contributed by atoms with E-state index in [-0.39, 0.29) is 0 Å². The maximum absolute atomic E-state index is 6.12. The van der Waals surface area contributed by atoms with Crippen LogP contribution in [0.15, 0.2) is 18.3 Å². The average Bonchev–Trinajstić information content (AvgIpc) is 2.61. The Hall–Kier alpha value is -1.19. The lowest BCUT2D eigenvalue weighted by atomic mass is 10.0. The van der Waals surface area contributed by atoms with Crippen LogP contribution in [0.25, 0.3) is 0 Å². The molecule has 0 bridgehead atoms. The molecule has 0 saturated heterocycles. The van der Waals surface area contributed by atoms with Gasteiger partial charge in [0.05, 0.1) is 17.6 Å². The molecule has 76 valence electrons. The van der Waals surface area contributed by atoms with Crippen LogP contribution in [0.5, 0.6) is 0 Å². The van der Waals surface area contributed by atoms with E-state index in [1.807, 2.05) is 6.07 Å². The summed E-state index contributed by atoms with van der Waals surface area (Å²) in [5, 5.41) is 11.5. The second-order valence-corrected chi connectivity index (χ2v) is 4.32. The van der Waals surface area contributed by atoms with E-state index in [0.29, 0.717) is 10.0 Å². The third-order valence-electron chi connectivity index (χ3n) is 2.50. The first-order valence-electron chi connectivity index (χ1n) is 4.51. The number of hydrogen-bond acceptors (Lipinski definition) is 2. The molecule has 0 aliphatic carbocycles. The topological polar surface area (TPSA) is 40.7 Å². The predicted molar refractivity (Wildman–Crippen MR) is 61.1 cm³/mol. The fourth-order valence-electron chi connectivity index (χ4n) is 1.77. The number of rotatable bonds is 0. The minimum Gasteiger partial charge on any atom is -0.352 e. The highest BCUT2D eigenvalue weighted by molar-refractivity contribution is 6.35. The van der Waals surface area contributed by atoms with Gasteiger partial charge in [-0.15, -0.1) is 0 Å². The van der Waals surface area contributed by atoms with Gasteiger partial charge >= 0.3 is 0 Å². The van der Waals surface area contributed by atoms with Gasteiger partial charge in [0, 0.05) is 27.7 Å². The van der Waals surface area contributed by atoms with Gasteiger partial charge in [-0.3, -0.25) is 5.10 Å². The van der Waals surface area contributed by atoms with Crippen molar-refractivity contribution in [3.05, 3.63) is 39.6 Å². The Morgan fingerprint density at radius 3 is 2.93 bits per heavy atom.